The first-order valence-corrected chi connectivity index (χ1v) is 9.29. The van der Waals surface area contributed by atoms with Crippen LogP contribution in [0.4, 0.5) is 0 Å². The summed E-state index contributed by atoms with van der Waals surface area (Å²) in [5.74, 6) is 1.45. The maximum Gasteiger partial charge on any atom is 0.254 e. The maximum atomic E-state index is 12.8. The second-order valence-electron chi connectivity index (χ2n) is 6.42. The molecule has 0 aromatic heterocycles. The summed E-state index contributed by atoms with van der Waals surface area (Å²) in [7, 11) is 3.12. The van der Waals surface area contributed by atoms with Gasteiger partial charge in [-0.3, -0.25) is 9.69 Å². The number of hydrogen-bond acceptors (Lipinski definition) is 7. The number of hydrogen-bond donors (Lipinski definition) is 0. The average molecular weight is 380 g/mol. The zero-order chi connectivity index (χ0) is 19.1. The van der Waals surface area contributed by atoms with Gasteiger partial charge in [-0.2, -0.15) is 0 Å². The van der Waals surface area contributed by atoms with Crippen molar-refractivity contribution in [3.63, 3.8) is 0 Å². The number of nitrogens with zero attached hydrogens (tertiary/aromatic N) is 2. The van der Waals surface area contributed by atoms with Crippen LogP contribution in [0.15, 0.2) is 12.1 Å². The Kier molecular flexibility index (Phi) is 7.14. The molecule has 2 aliphatic heterocycles. The van der Waals surface area contributed by atoms with Crippen molar-refractivity contribution in [1.29, 1.82) is 0 Å². The first-order valence-electron chi connectivity index (χ1n) is 9.29. The largest absolute Gasteiger partial charge is 0.493 e. The summed E-state index contributed by atoms with van der Waals surface area (Å²) in [4.78, 5) is 16.8. The molecular formula is C19H28N2O6. The molecule has 2 heterocycles. The van der Waals surface area contributed by atoms with Gasteiger partial charge in [-0.1, -0.05) is 0 Å². The van der Waals surface area contributed by atoms with Crippen LogP contribution in [0.25, 0.3) is 0 Å². The highest BCUT2D eigenvalue weighted by Gasteiger charge is 2.23. The molecule has 3 rings (SSSR count). The monoisotopic (exact) mass is 380 g/mol. The van der Waals surface area contributed by atoms with Gasteiger partial charge in [0.15, 0.2) is 11.5 Å². The Morgan fingerprint density at radius 1 is 0.963 bits per heavy atom. The molecule has 150 valence electrons. The fourth-order valence-corrected chi connectivity index (χ4v) is 3.20. The summed E-state index contributed by atoms with van der Waals surface area (Å²) >= 11 is 0. The number of carbonyl (C=O) groups excluding carboxylic acids is 1. The molecule has 0 radical (unpaired) electrons. The summed E-state index contributed by atoms with van der Waals surface area (Å²) in [5.41, 5.74) is 0.520. The van der Waals surface area contributed by atoms with Gasteiger partial charge < -0.3 is 28.6 Å². The standard InChI is InChI=1S/C19H28N2O6/c1-23-16-13-15(19(22)21-6-10-26-11-7-21)14-17(24-2)18(16)27-12-5-20-3-8-25-9-4-20/h13-14H,3-12H2,1-2H3. The van der Waals surface area contributed by atoms with Crippen molar-refractivity contribution < 1.29 is 28.5 Å². The van der Waals surface area contributed by atoms with Crippen molar-refractivity contribution in [2.24, 2.45) is 0 Å². The molecule has 8 heteroatoms. The number of amides is 1. The lowest BCUT2D eigenvalue weighted by Crippen LogP contribution is -2.40. The highest BCUT2D eigenvalue weighted by molar-refractivity contribution is 5.95. The molecule has 1 amide bonds. The normalized spacial score (nSPS) is 18.2. The maximum absolute atomic E-state index is 12.8. The van der Waals surface area contributed by atoms with Gasteiger partial charge in [0.25, 0.3) is 5.91 Å². The highest BCUT2D eigenvalue weighted by atomic mass is 16.5. The number of carbonyl (C=O) groups is 1. The summed E-state index contributed by atoms with van der Waals surface area (Å²) in [5, 5.41) is 0. The van der Waals surface area contributed by atoms with Gasteiger partial charge in [-0.25, -0.2) is 0 Å². The van der Waals surface area contributed by atoms with Crippen molar-refractivity contribution in [2.45, 2.75) is 0 Å². The van der Waals surface area contributed by atoms with E-state index in [1.165, 1.54) is 0 Å². The minimum atomic E-state index is -0.0604. The van der Waals surface area contributed by atoms with Gasteiger partial charge in [-0.15, -0.1) is 0 Å². The van der Waals surface area contributed by atoms with Gasteiger partial charge in [-0.05, 0) is 12.1 Å². The Labute approximate surface area is 159 Å². The molecule has 27 heavy (non-hydrogen) atoms. The van der Waals surface area contributed by atoms with E-state index in [9.17, 15) is 4.79 Å². The SMILES string of the molecule is COc1cc(C(=O)N2CCOCC2)cc(OC)c1OCCN1CCOCC1. The zero-order valence-electron chi connectivity index (χ0n) is 16.1. The van der Waals surface area contributed by atoms with Gasteiger partial charge in [0.2, 0.25) is 5.75 Å². The summed E-state index contributed by atoms with van der Waals surface area (Å²) < 4.78 is 27.6. The summed E-state index contributed by atoms with van der Waals surface area (Å²) in [6.07, 6.45) is 0. The fraction of sp³-hybridized carbons (Fsp3) is 0.632. The van der Waals surface area contributed by atoms with Crippen LogP contribution in [0.1, 0.15) is 10.4 Å². The first kappa shape index (κ1) is 19.7. The first-order chi connectivity index (χ1) is 13.2. The van der Waals surface area contributed by atoms with E-state index >= 15 is 0 Å². The zero-order valence-corrected chi connectivity index (χ0v) is 16.1. The van der Waals surface area contributed by atoms with Crippen LogP contribution in [0.3, 0.4) is 0 Å². The number of benzene rings is 1. The molecule has 0 unspecified atom stereocenters. The molecule has 0 bridgehead atoms. The van der Waals surface area contributed by atoms with Gasteiger partial charge >= 0.3 is 0 Å². The van der Waals surface area contributed by atoms with E-state index in [1.54, 1.807) is 31.3 Å². The molecule has 8 nitrogen and oxygen atoms in total. The van der Waals surface area contributed by atoms with Crippen LogP contribution in [0, 0.1) is 0 Å². The molecule has 1 aromatic rings. The van der Waals surface area contributed by atoms with E-state index < -0.39 is 0 Å². The molecular weight excluding hydrogens is 352 g/mol. The Hall–Kier alpha value is -2.03. The van der Waals surface area contributed by atoms with Crippen molar-refractivity contribution in [3.05, 3.63) is 17.7 Å². The number of morpholine rings is 2. The molecule has 0 N–H and O–H groups in total. The molecule has 0 aliphatic carbocycles. The van der Waals surface area contributed by atoms with Gasteiger partial charge in [0, 0.05) is 38.3 Å². The van der Waals surface area contributed by atoms with Crippen LogP contribution >= 0.6 is 0 Å². The lowest BCUT2D eigenvalue weighted by Gasteiger charge is -2.28. The third-order valence-electron chi connectivity index (χ3n) is 4.76. The van der Waals surface area contributed by atoms with Crippen molar-refractivity contribution in [3.8, 4) is 17.2 Å². The highest BCUT2D eigenvalue weighted by Crippen LogP contribution is 2.39. The lowest BCUT2D eigenvalue weighted by molar-refractivity contribution is 0.0302. The predicted octanol–water partition coefficient (Wildman–Crippen LogP) is 0.887. The van der Waals surface area contributed by atoms with Crippen molar-refractivity contribution in [1.82, 2.24) is 9.80 Å². The second-order valence-corrected chi connectivity index (χ2v) is 6.42. The molecule has 1 aromatic carbocycles. The van der Waals surface area contributed by atoms with Crippen LogP contribution in [0.5, 0.6) is 17.2 Å². The molecule has 2 saturated heterocycles. The minimum Gasteiger partial charge on any atom is -0.493 e. The third kappa shape index (κ3) is 5.03. The second kappa shape index (κ2) is 9.77. The van der Waals surface area contributed by atoms with Crippen LogP contribution in [-0.2, 0) is 9.47 Å². The van der Waals surface area contributed by atoms with E-state index in [0.717, 1.165) is 32.8 Å². The minimum absolute atomic E-state index is 0.0604. The molecule has 2 aliphatic rings. The fourth-order valence-electron chi connectivity index (χ4n) is 3.20. The summed E-state index contributed by atoms with van der Waals surface area (Å²) in [6, 6.07) is 3.43. The number of rotatable bonds is 7. The molecule has 0 atom stereocenters. The van der Waals surface area contributed by atoms with Crippen LogP contribution in [-0.4, -0.2) is 95.7 Å². The third-order valence-corrected chi connectivity index (χ3v) is 4.76. The van der Waals surface area contributed by atoms with Crippen LogP contribution in [0.2, 0.25) is 0 Å². The smallest absolute Gasteiger partial charge is 0.254 e. The van der Waals surface area contributed by atoms with Gasteiger partial charge in [0.05, 0.1) is 40.6 Å². The van der Waals surface area contributed by atoms with E-state index in [1.807, 2.05) is 0 Å². The predicted molar refractivity (Wildman–Crippen MR) is 99.0 cm³/mol. The summed E-state index contributed by atoms with van der Waals surface area (Å²) in [6.45, 7) is 6.91. The number of ether oxygens (including phenoxy) is 5. The number of methoxy groups -OCH3 is 2. The average Bonchev–Trinajstić information content (AvgIpc) is 2.74. The van der Waals surface area contributed by atoms with Crippen molar-refractivity contribution in [2.75, 3.05) is 80.0 Å². The van der Waals surface area contributed by atoms with E-state index in [2.05, 4.69) is 4.90 Å². The molecule has 0 saturated carbocycles. The van der Waals surface area contributed by atoms with Gasteiger partial charge in [0.1, 0.15) is 6.61 Å². The lowest BCUT2D eigenvalue weighted by atomic mass is 10.1. The van der Waals surface area contributed by atoms with Crippen LogP contribution < -0.4 is 14.2 Å². The van der Waals surface area contributed by atoms with Crippen molar-refractivity contribution >= 4 is 5.91 Å². The molecule has 2 fully saturated rings. The van der Waals surface area contributed by atoms with E-state index in [4.69, 9.17) is 23.7 Å². The van der Waals surface area contributed by atoms with E-state index in [-0.39, 0.29) is 5.91 Å². The quantitative estimate of drug-likeness (QED) is 0.696. The molecule has 0 spiro atoms. The van der Waals surface area contributed by atoms with E-state index in [0.29, 0.717) is 55.7 Å². The Bertz CT molecular complexity index is 602. The topological polar surface area (TPSA) is 69.7 Å². The Morgan fingerprint density at radius 3 is 2.07 bits per heavy atom. The Morgan fingerprint density at radius 2 is 1.52 bits per heavy atom. The Balaban J connectivity index is 1.70.